The van der Waals surface area contributed by atoms with E-state index >= 15 is 0 Å². The van der Waals surface area contributed by atoms with Crippen molar-refractivity contribution >= 4 is 11.6 Å². The molecule has 2 rings (SSSR count). The monoisotopic (exact) mass is 288 g/mol. The molecule has 4 nitrogen and oxygen atoms in total. The van der Waals surface area contributed by atoms with Crippen LogP contribution >= 0.6 is 0 Å². The maximum atomic E-state index is 12.0. The largest absolute Gasteiger partial charge is 0.573 e. The Labute approximate surface area is 114 Å². The maximum absolute atomic E-state index is 12.0. The molecule has 1 aromatic carbocycles. The summed E-state index contributed by atoms with van der Waals surface area (Å²) >= 11 is 0. The van der Waals surface area contributed by atoms with Gasteiger partial charge in [-0.3, -0.25) is 4.79 Å². The van der Waals surface area contributed by atoms with Crippen molar-refractivity contribution in [3.8, 4) is 5.75 Å². The molecule has 3 N–H and O–H groups in total. The fourth-order valence-corrected chi connectivity index (χ4v) is 1.87. The van der Waals surface area contributed by atoms with Crippen LogP contribution in [0.4, 0.5) is 18.9 Å². The number of carbonyl (C=O) groups excluding carboxylic acids is 1. The molecule has 1 atom stereocenters. The maximum Gasteiger partial charge on any atom is 0.573 e. The van der Waals surface area contributed by atoms with Crippen LogP contribution in [0.15, 0.2) is 24.3 Å². The first-order valence-corrected chi connectivity index (χ1v) is 6.14. The van der Waals surface area contributed by atoms with Gasteiger partial charge in [0.1, 0.15) is 5.75 Å². The number of carbonyl (C=O) groups is 1. The molecule has 1 saturated carbocycles. The summed E-state index contributed by atoms with van der Waals surface area (Å²) in [6.07, 6.45) is -2.90. The van der Waals surface area contributed by atoms with E-state index in [0.29, 0.717) is 5.69 Å². The molecule has 0 aromatic heterocycles. The Morgan fingerprint density at radius 3 is 2.30 bits per heavy atom. The molecule has 0 heterocycles. The number of halogens is 3. The van der Waals surface area contributed by atoms with E-state index in [4.69, 9.17) is 5.73 Å². The molecule has 0 spiro atoms. The highest BCUT2D eigenvalue weighted by atomic mass is 19.4. The molecule has 110 valence electrons. The molecule has 1 fully saturated rings. The fourth-order valence-electron chi connectivity index (χ4n) is 1.87. The predicted octanol–water partition coefficient (Wildman–Crippen LogP) is 2.65. The van der Waals surface area contributed by atoms with Crippen LogP contribution < -0.4 is 15.8 Å². The van der Waals surface area contributed by atoms with E-state index in [1.807, 2.05) is 0 Å². The Morgan fingerprint density at radius 2 is 1.85 bits per heavy atom. The lowest BCUT2D eigenvalue weighted by Crippen LogP contribution is -2.50. The zero-order valence-electron chi connectivity index (χ0n) is 10.8. The molecule has 1 aliphatic carbocycles. The van der Waals surface area contributed by atoms with E-state index in [1.165, 1.54) is 12.1 Å². The van der Waals surface area contributed by atoms with Gasteiger partial charge >= 0.3 is 6.36 Å². The molecule has 1 unspecified atom stereocenters. The number of anilines is 1. The Kier molecular flexibility index (Phi) is 3.64. The number of alkyl halides is 3. The molecule has 1 aromatic rings. The standard InChI is InChI=1S/C13H15F3N2O2/c1-12(17,8-2-3-8)11(19)18-9-4-6-10(7-5-9)20-13(14,15)16/h4-8H,2-3,17H2,1H3,(H,18,19). The van der Waals surface area contributed by atoms with Crippen LogP contribution in [0, 0.1) is 5.92 Å². The summed E-state index contributed by atoms with van der Waals surface area (Å²) in [6.45, 7) is 1.65. The van der Waals surface area contributed by atoms with Gasteiger partial charge < -0.3 is 15.8 Å². The quantitative estimate of drug-likeness (QED) is 0.895. The Morgan fingerprint density at radius 1 is 1.30 bits per heavy atom. The summed E-state index contributed by atoms with van der Waals surface area (Å²) < 4.78 is 39.7. The summed E-state index contributed by atoms with van der Waals surface area (Å²) in [5.41, 5.74) is 5.36. The van der Waals surface area contributed by atoms with Gasteiger partial charge in [-0.25, -0.2) is 0 Å². The Bertz CT molecular complexity index is 493. The number of rotatable bonds is 4. The van der Waals surface area contributed by atoms with Crippen molar-refractivity contribution in [2.45, 2.75) is 31.7 Å². The van der Waals surface area contributed by atoms with Gasteiger partial charge in [0.25, 0.3) is 0 Å². The first-order chi connectivity index (χ1) is 9.18. The van der Waals surface area contributed by atoms with Crippen LogP contribution in [0.5, 0.6) is 5.75 Å². The summed E-state index contributed by atoms with van der Waals surface area (Å²) in [5.74, 6) is -0.520. The number of hydrogen-bond donors (Lipinski definition) is 2. The van der Waals surface area contributed by atoms with Crippen molar-refractivity contribution in [1.82, 2.24) is 0 Å². The molecule has 0 bridgehead atoms. The minimum absolute atomic E-state index is 0.162. The number of benzene rings is 1. The van der Waals surface area contributed by atoms with Crippen LogP contribution in [0.3, 0.4) is 0 Å². The van der Waals surface area contributed by atoms with Gasteiger partial charge in [0.15, 0.2) is 0 Å². The predicted molar refractivity (Wildman–Crippen MR) is 67.1 cm³/mol. The molecule has 1 amide bonds. The van der Waals surface area contributed by atoms with Crippen molar-refractivity contribution in [2.24, 2.45) is 11.7 Å². The van der Waals surface area contributed by atoms with Crippen LogP contribution in [-0.4, -0.2) is 17.8 Å². The van der Waals surface area contributed by atoms with Crippen LogP contribution in [0.2, 0.25) is 0 Å². The number of nitrogens with one attached hydrogen (secondary N) is 1. The first kappa shape index (κ1) is 14.6. The smallest absolute Gasteiger partial charge is 0.406 e. The van der Waals surface area contributed by atoms with E-state index in [-0.39, 0.29) is 17.6 Å². The van der Waals surface area contributed by atoms with E-state index in [9.17, 15) is 18.0 Å². The average Bonchev–Trinajstić information content (AvgIpc) is 3.13. The third kappa shape index (κ3) is 3.63. The van der Waals surface area contributed by atoms with Crippen LogP contribution in [0.1, 0.15) is 19.8 Å². The molecule has 7 heteroatoms. The van der Waals surface area contributed by atoms with Gasteiger partial charge in [-0.05, 0) is 49.9 Å². The van der Waals surface area contributed by atoms with Crippen LogP contribution in [-0.2, 0) is 4.79 Å². The topological polar surface area (TPSA) is 64.4 Å². The molecular formula is C13H15F3N2O2. The second kappa shape index (κ2) is 4.97. The number of ether oxygens (including phenoxy) is 1. The van der Waals surface area contributed by atoms with E-state index < -0.39 is 11.9 Å². The van der Waals surface area contributed by atoms with Crippen molar-refractivity contribution in [1.29, 1.82) is 0 Å². The van der Waals surface area contributed by atoms with Gasteiger partial charge in [0, 0.05) is 5.69 Å². The van der Waals surface area contributed by atoms with Crippen molar-refractivity contribution in [3.05, 3.63) is 24.3 Å². The highest BCUT2D eigenvalue weighted by Crippen LogP contribution is 2.38. The second-order valence-corrected chi connectivity index (χ2v) is 5.08. The first-order valence-electron chi connectivity index (χ1n) is 6.14. The van der Waals surface area contributed by atoms with Crippen molar-refractivity contribution < 1.29 is 22.7 Å². The zero-order chi connectivity index (χ0) is 15.0. The van der Waals surface area contributed by atoms with Gasteiger partial charge in [-0.15, -0.1) is 13.2 Å². The zero-order valence-corrected chi connectivity index (χ0v) is 10.8. The third-order valence-corrected chi connectivity index (χ3v) is 3.26. The summed E-state index contributed by atoms with van der Waals surface area (Å²) in [4.78, 5) is 12.0. The normalized spacial score (nSPS) is 18.2. The van der Waals surface area contributed by atoms with Gasteiger partial charge in [0.05, 0.1) is 5.54 Å². The Balaban J connectivity index is 1.98. The average molecular weight is 288 g/mol. The summed E-state index contributed by atoms with van der Waals surface area (Å²) in [5, 5.41) is 2.59. The third-order valence-electron chi connectivity index (χ3n) is 3.26. The highest BCUT2D eigenvalue weighted by molar-refractivity contribution is 5.98. The summed E-state index contributed by atoms with van der Waals surface area (Å²) in [6, 6.07) is 4.94. The SMILES string of the molecule is CC(N)(C(=O)Nc1ccc(OC(F)(F)F)cc1)C1CC1. The minimum Gasteiger partial charge on any atom is -0.406 e. The van der Waals surface area contributed by atoms with Gasteiger partial charge in [-0.2, -0.15) is 0 Å². The van der Waals surface area contributed by atoms with Crippen molar-refractivity contribution in [3.63, 3.8) is 0 Å². The minimum atomic E-state index is -4.73. The van der Waals surface area contributed by atoms with Gasteiger partial charge in [0.2, 0.25) is 5.91 Å². The second-order valence-electron chi connectivity index (χ2n) is 5.08. The van der Waals surface area contributed by atoms with Gasteiger partial charge in [-0.1, -0.05) is 0 Å². The highest BCUT2D eigenvalue weighted by Gasteiger charge is 2.44. The molecule has 0 radical (unpaired) electrons. The molecule has 0 aliphatic heterocycles. The lowest BCUT2D eigenvalue weighted by Gasteiger charge is -2.23. The molecular weight excluding hydrogens is 273 g/mol. The van der Waals surface area contributed by atoms with E-state index in [2.05, 4.69) is 10.1 Å². The molecule has 1 aliphatic rings. The number of amides is 1. The lowest BCUT2D eigenvalue weighted by atomic mass is 9.96. The van der Waals surface area contributed by atoms with Crippen LogP contribution in [0.25, 0.3) is 0 Å². The lowest BCUT2D eigenvalue weighted by molar-refractivity contribution is -0.274. The number of nitrogens with two attached hydrogens (primary N) is 1. The van der Waals surface area contributed by atoms with Crippen molar-refractivity contribution in [2.75, 3.05) is 5.32 Å². The number of hydrogen-bond acceptors (Lipinski definition) is 3. The molecule has 20 heavy (non-hydrogen) atoms. The van der Waals surface area contributed by atoms with E-state index in [0.717, 1.165) is 25.0 Å². The fraction of sp³-hybridized carbons (Fsp3) is 0.462. The van der Waals surface area contributed by atoms with E-state index in [1.54, 1.807) is 6.92 Å². The summed E-state index contributed by atoms with van der Waals surface area (Å²) in [7, 11) is 0. The Hall–Kier alpha value is -1.76. The molecule has 0 saturated heterocycles.